The van der Waals surface area contributed by atoms with Gasteiger partial charge in [-0.15, -0.1) is 11.6 Å². The maximum Gasteiger partial charge on any atom is 0.312 e. The van der Waals surface area contributed by atoms with Crippen molar-refractivity contribution >= 4 is 22.3 Å². The van der Waals surface area contributed by atoms with E-state index in [1.165, 1.54) is 0 Å². The first-order chi connectivity index (χ1) is 5.15. The summed E-state index contributed by atoms with van der Waals surface area (Å²) < 4.78 is 25.4. The fraction of sp³-hybridized carbons (Fsp3) is 0.400. The Kier molecular flexibility index (Phi) is 2.51. The van der Waals surface area contributed by atoms with Crippen molar-refractivity contribution < 1.29 is 12.8 Å². The summed E-state index contributed by atoms with van der Waals surface area (Å²) in [6.45, 7) is 1.64. The monoisotopic (exact) mass is 195 g/mol. The van der Waals surface area contributed by atoms with Crippen molar-refractivity contribution in [2.45, 2.75) is 18.0 Å². The van der Waals surface area contributed by atoms with Crippen molar-refractivity contribution in [1.82, 2.24) is 4.98 Å². The second-order valence-corrected chi connectivity index (χ2v) is 3.06. The van der Waals surface area contributed by atoms with Crippen LogP contribution in [-0.4, -0.2) is 13.4 Å². The standard InChI is InChI=1S/C5H6ClNO3S/c1-3-4(2-6)10-5(7-3)11(8)9/h11H,2H2,1H3. The average molecular weight is 196 g/mol. The number of halogens is 1. The lowest BCUT2D eigenvalue weighted by molar-refractivity contribution is 0.414. The molecule has 0 fully saturated rings. The number of alkyl halides is 1. The molecule has 0 unspecified atom stereocenters. The van der Waals surface area contributed by atoms with Gasteiger partial charge in [0.25, 0.3) is 0 Å². The number of rotatable bonds is 2. The molecule has 0 aromatic carbocycles. The Morgan fingerprint density at radius 3 is 2.55 bits per heavy atom. The van der Waals surface area contributed by atoms with E-state index in [4.69, 9.17) is 16.0 Å². The smallest absolute Gasteiger partial charge is 0.312 e. The van der Waals surface area contributed by atoms with Crippen molar-refractivity contribution in [1.29, 1.82) is 0 Å². The summed E-state index contributed by atoms with van der Waals surface area (Å²) >= 11 is 5.42. The fourth-order valence-electron chi connectivity index (χ4n) is 0.615. The summed E-state index contributed by atoms with van der Waals surface area (Å²) in [6.07, 6.45) is 0. The Balaban J connectivity index is 3.15. The van der Waals surface area contributed by atoms with Gasteiger partial charge in [0, 0.05) is 0 Å². The van der Waals surface area contributed by atoms with Gasteiger partial charge in [0.2, 0.25) is 10.7 Å². The summed E-state index contributed by atoms with van der Waals surface area (Å²) in [6, 6.07) is 0. The largest absolute Gasteiger partial charge is 0.432 e. The van der Waals surface area contributed by atoms with Gasteiger partial charge < -0.3 is 4.42 Å². The summed E-state index contributed by atoms with van der Waals surface area (Å²) in [4.78, 5) is 3.63. The van der Waals surface area contributed by atoms with E-state index in [0.29, 0.717) is 11.5 Å². The van der Waals surface area contributed by atoms with Gasteiger partial charge in [0.15, 0.2) is 0 Å². The number of aromatic nitrogens is 1. The van der Waals surface area contributed by atoms with Gasteiger partial charge in [-0.25, -0.2) is 13.4 Å². The first kappa shape index (κ1) is 8.55. The van der Waals surface area contributed by atoms with Gasteiger partial charge >= 0.3 is 5.22 Å². The van der Waals surface area contributed by atoms with Crippen molar-refractivity contribution in [3.05, 3.63) is 11.5 Å². The van der Waals surface area contributed by atoms with Crippen LogP contribution in [0.25, 0.3) is 0 Å². The number of aryl methyl sites for hydroxylation is 1. The third-order valence-corrected chi connectivity index (χ3v) is 1.91. The quantitative estimate of drug-likeness (QED) is 0.557. The first-order valence-electron chi connectivity index (χ1n) is 2.82. The molecule has 0 bridgehead atoms. The van der Waals surface area contributed by atoms with E-state index >= 15 is 0 Å². The molecule has 1 aromatic rings. The number of hydrogen-bond acceptors (Lipinski definition) is 4. The van der Waals surface area contributed by atoms with Crippen LogP contribution < -0.4 is 0 Å². The Morgan fingerprint density at radius 1 is 1.64 bits per heavy atom. The highest BCUT2D eigenvalue weighted by Gasteiger charge is 2.09. The molecule has 1 aromatic heterocycles. The van der Waals surface area contributed by atoms with Crippen LogP contribution in [0.3, 0.4) is 0 Å². The number of oxazole rings is 1. The van der Waals surface area contributed by atoms with Gasteiger partial charge in [0.05, 0.1) is 11.6 Å². The predicted molar refractivity (Wildman–Crippen MR) is 39.4 cm³/mol. The molecule has 0 aliphatic rings. The Labute approximate surface area is 70.1 Å². The molecule has 0 aliphatic heterocycles. The minimum absolute atomic E-state index is 0.141. The Morgan fingerprint density at radius 2 is 2.27 bits per heavy atom. The van der Waals surface area contributed by atoms with Gasteiger partial charge in [-0.05, 0) is 6.92 Å². The second-order valence-electron chi connectivity index (χ2n) is 1.90. The van der Waals surface area contributed by atoms with Gasteiger partial charge in [-0.2, -0.15) is 0 Å². The topological polar surface area (TPSA) is 60.2 Å². The zero-order valence-corrected chi connectivity index (χ0v) is 7.35. The number of hydrogen-bond donors (Lipinski definition) is 1. The lowest BCUT2D eigenvalue weighted by atomic mass is 10.4. The van der Waals surface area contributed by atoms with E-state index in [1.807, 2.05) is 0 Å². The van der Waals surface area contributed by atoms with E-state index in [0.717, 1.165) is 0 Å². The minimum Gasteiger partial charge on any atom is -0.432 e. The molecule has 62 valence electrons. The van der Waals surface area contributed by atoms with E-state index in [1.54, 1.807) is 6.92 Å². The zero-order chi connectivity index (χ0) is 8.43. The predicted octanol–water partition coefficient (Wildman–Crippen LogP) is 0.692. The van der Waals surface area contributed by atoms with Crippen LogP contribution in [0.15, 0.2) is 9.64 Å². The molecule has 0 N–H and O–H groups in total. The minimum atomic E-state index is -2.73. The molecule has 11 heavy (non-hydrogen) atoms. The Hall–Kier alpha value is -0.550. The van der Waals surface area contributed by atoms with Crippen molar-refractivity contribution in [2.24, 2.45) is 0 Å². The molecule has 0 atom stereocenters. The van der Waals surface area contributed by atoms with E-state index in [9.17, 15) is 8.42 Å². The molecule has 1 rings (SSSR count). The van der Waals surface area contributed by atoms with Gasteiger partial charge in [-0.1, -0.05) is 0 Å². The molecule has 1 heterocycles. The molecule has 0 saturated heterocycles. The van der Waals surface area contributed by atoms with Crippen LogP contribution in [0.4, 0.5) is 0 Å². The lowest BCUT2D eigenvalue weighted by Gasteiger charge is -1.83. The molecule has 0 spiro atoms. The van der Waals surface area contributed by atoms with Crippen molar-refractivity contribution in [2.75, 3.05) is 0 Å². The van der Waals surface area contributed by atoms with Crippen LogP contribution in [0.1, 0.15) is 11.5 Å². The summed E-state index contributed by atoms with van der Waals surface area (Å²) in [7, 11) is -2.73. The molecule has 0 saturated carbocycles. The lowest BCUT2D eigenvalue weighted by Crippen LogP contribution is -1.78. The normalized spacial score (nSPS) is 10.8. The summed E-state index contributed by atoms with van der Waals surface area (Å²) in [5.41, 5.74) is 0.522. The number of thiol groups is 1. The van der Waals surface area contributed by atoms with Gasteiger partial charge in [0.1, 0.15) is 5.76 Å². The molecule has 0 aliphatic carbocycles. The number of nitrogens with zero attached hydrogens (tertiary/aromatic N) is 1. The highest BCUT2D eigenvalue weighted by atomic mass is 35.5. The highest BCUT2D eigenvalue weighted by Crippen LogP contribution is 2.12. The van der Waals surface area contributed by atoms with E-state index in [-0.39, 0.29) is 11.1 Å². The fourth-order valence-corrected chi connectivity index (χ4v) is 1.28. The maximum absolute atomic E-state index is 10.3. The van der Waals surface area contributed by atoms with Crippen LogP contribution >= 0.6 is 11.6 Å². The highest BCUT2D eigenvalue weighted by molar-refractivity contribution is 7.72. The van der Waals surface area contributed by atoms with Crippen molar-refractivity contribution in [3.63, 3.8) is 0 Å². The van der Waals surface area contributed by atoms with E-state index in [2.05, 4.69) is 4.98 Å². The van der Waals surface area contributed by atoms with Gasteiger partial charge in [-0.3, -0.25) is 0 Å². The molecule has 4 nitrogen and oxygen atoms in total. The summed E-state index contributed by atoms with van der Waals surface area (Å²) in [5, 5.41) is -0.270. The molecule has 6 heteroatoms. The zero-order valence-electron chi connectivity index (χ0n) is 5.70. The second kappa shape index (κ2) is 3.23. The Bertz CT molecular complexity index is 322. The molecule has 0 amide bonds. The maximum atomic E-state index is 10.3. The van der Waals surface area contributed by atoms with Crippen LogP contribution in [0.2, 0.25) is 0 Å². The molecular formula is C5H6ClNO3S. The van der Waals surface area contributed by atoms with Crippen LogP contribution in [0.5, 0.6) is 0 Å². The summed E-state index contributed by atoms with van der Waals surface area (Å²) in [5.74, 6) is 0.544. The molecule has 0 radical (unpaired) electrons. The third-order valence-electron chi connectivity index (χ3n) is 1.16. The third kappa shape index (κ3) is 1.72. The van der Waals surface area contributed by atoms with Crippen LogP contribution in [0, 0.1) is 6.92 Å². The SMILES string of the molecule is Cc1nc([SH](=O)=O)oc1CCl. The van der Waals surface area contributed by atoms with E-state index < -0.39 is 10.7 Å². The first-order valence-corrected chi connectivity index (χ1v) is 4.53. The molecular weight excluding hydrogens is 190 g/mol. The van der Waals surface area contributed by atoms with Crippen molar-refractivity contribution in [3.8, 4) is 0 Å². The average Bonchev–Trinajstić information content (AvgIpc) is 2.31. The van der Waals surface area contributed by atoms with Crippen LogP contribution in [-0.2, 0) is 16.6 Å².